The van der Waals surface area contributed by atoms with Gasteiger partial charge in [-0.2, -0.15) is 5.10 Å². The lowest BCUT2D eigenvalue weighted by molar-refractivity contribution is 0.628. The molecule has 1 fully saturated rings. The van der Waals surface area contributed by atoms with Crippen molar-refractivity contribution >= 4 is 34.3 Å². The van der Waals surface area contributed by atoms with Crippen molar-refractivity contribution < 1.29 is 4.39 Å². The van der Waals surface area contributed by atoms with Gasteiger partial charge in [0, 0.05) is 36.8 Å². The molecule has 10 heteroatoms. The molecule has 0 saturated carbocycles. The number of rotatable bonds is 4. The topological polar surface area (TPSA) is 75.9 Å². The molecule has 3 aromatic heterocycles. The van der Waals surface area contributed by atoms with Gasteiger partial charge < -0.3 is 9.80 Å². The lowest BCUT2D eigenvalue weighted by Crippen LogP contribution is -2.47. The van der Waals surface area contributed by atoms with E-state index in [4.69, 9.17) is 11.6 Å². The lowest BCUT2D eigenvalue weighted by Gasteiger charge is -2.35. The van der Waals surface area contributed by atoms with E-state index in [0.29, 0.717) is 10.7 Å². The molecule has 1 aliphatic heterocycles. The monoisotopic (exact) mass is 486 g/mol. The van der Waals surface area contributed by atoms with E-state index < -0.39 is 0 Å². The molecule has 0 spiro atoms. The molecule has 5 aromatic rings. The van der Waals surface area contributed by atoms with E-state index >= 15 is 0 Å². The van der Waals surface area contributed by atoms with Crippen molar-refractivity contribution in [2.75, 3.05) is 36.0 Å². The minimum Gasteiger partial charge on any atom is -0.352 e. The van der Waals surface area contributed by atoms with E-state index in [1.54, 1.807) is 29.3 Å². The summed E-state index contributed by atoms with van der Waals surface area (Å²) in [6, 6.07) is 17.7. The Morgan fingerprint density at radius 1 is 0.829 bits per heavy atom. The highest BCUT2D eigenvalue weighted by Crippen LogP contribution is 2.27. The molecule has 1 aliphatic rings. The van der Waals surface area contributed by atoms with Crippen LogP contribution in [0.2, 0.25) is 5.02 Å². The third kappa shape index (κ3) is 4.15. The number of benzene rings is 2. The fraction of sp³-hybridized carbons (Fsp3) is 0.160. The average Bonchev–Trinajstić information content (AvgIpc) is 3.34. The van der Waals surface area contributed by atoms with Gasteiger partial charge >= 0.3 is 0 Å². The molecular formula is C25H20ClFN8. The van der Waals surface area contributed by atoms with Crippen LogP contribution >= 0.6 is 11.6 Å². The number of halogens is 2. The Kier molecular flexibility index (Phi) is 5.46. The quantitative estimate of drug-likeness (QED) is 0.373. The van der Waals surface area contributed by atoms with Crippen LogP contribution in [0.15, 0.2) is 73.2 Å². The maximum absolute atomic E-state index is 13.2. The minimum absolute atomic E-state index is 0.269. The SMILES string of the molecule is Fc1ccc(-c2ccc(N3CCN(c4ncnc5c4cnn5-c4cccc(Cl)c4)CC3)nn2)cc1. The first-order valence-corrected chi connectivity index (χ1v) is 11.6. The van der Waals surface area contributed by atoms with Gasteiger partial charge in [-0.05, 0) is 54.6 Å². The number of aromatic nitrogens is 6. The van der Waals surface area contributed by atoms with Gasteiger partial charge in [0.05, 0.1) is 23.0 Å². The summed E-state index contributed by atoms with van der Waals surface area (Å²) in [4.78, 5) is 13.5. The molecule has 35 heavy (non-hydrogen) atoms. The van der Waals surface area contributed by atoms with E-state index in [2.05, 4.69) is 35.1 Å². The number of hydrogen-bond donors (Lipinski definition) is 0. The Balaban J connectivity index is 1.19. The molecule has 0 aliphatic carbocycles. The average molecular weight is 487 g/mol. The number of piperazine rings is 1. The van der Waals surface area contributed by atoms with E-state index in [1.165, 1.54) is 12.1 Å². The van der Waals surface area contributed by atoms with Gasteiger partial charge in [0.1, 0.15) is 18.0 Å². The first kappa shape index (κ1) is 21.4. The maximum atomic E-state index is 13.2. The molecule has 0 radical (unpaired) electrons. The molecule has 0 unspecified atom stereocenters. The van der Waals surface area contributed by atoms with Crippen LogP contribution in [0.5, 0.6) is 0 Å². The summed E-state index contributed by atoms with van der Waals surface area (Å²) in [7, 11) is 0. The van der Waals surface area contributed by atoms with Crippen molar-refractivity contribution in [1.29, 1.82) is 0 Å². The molecule has 174 valence electrons. The molecule has 0 amide bonds. The van der Waals surface area contributed by atoms with Crippen LogP contribution in [0.3, 0.4) is 0 Å². The summed E-state index contributed by atoms with van der Waals surface area (Å²) in [5.41, 5.74) is 3.14. The smallest absolute Gasteiger partial charge is 0.168 e. The Morgan fingerprint density at radius 3 is 2.37 bits per heavy atom. The number of anilines is 2. The summed E-state index contributed by atoms with van der Waals surface area (Å²) in [5, 5.41) is 14.8. The summed E-state index contributed by atoms with van der Waals surface area (Å²) in [5.74, 6) is 1.41. The number of hydrogen-bond acceptors (Lipinski definition) is 7. The highest BCUT2D eigenvalue weighted by molar-refractivity contribution is 6.30. The van der Waals surface area contributed by atoms with Crippen molar-refractivity contribution in [3.05, 3.63) is 84.0 Å². The molecule has 2 aromatic carbocycles. The van der Waals surface area contributed by atoms with Crippen LogP contribution in [0.25, 0.3) is 28.0 Å². The summed E-state index contributed by atoms with van der Waals surface area (Å²) >= 11 is 6.17. The zero-order valence-corrected chi connectivity index (χ0v) is 19.3. The minimum atomic E-state index is -0.269. The zero-order chi connectivity index (χ0) is 23.8. The van der Waals surface area contributed by atoms with Gasteiger partial charge in [-0.15, -0.1) is 10.2 Å². The molecular weight excluding hydrogens is 467 g/mol. The fourth-order valence-electron chi connectivity index (χ4n) is 4.30. The Morgan fingerprint density at radius 2 is 1.63 bits per heavy atom. The summed E-state index contributed by atoms with van der Waals surface area (Å²) in [6.07, 6.45) is 3.38. The Hall–Kier alpha value is -4.11. The van der Waals surface area contributed by atoms with Crippen LogP contribution in [0.1, 0.15) is 0 Å². The third-order valence-electron chi connectivity index (χ3n) is 6.09. The normalized spacial score (nSPS) is 14.0. The van der Waals surface area contributed by atoms with Gasteiger partial charge in [0.25, 0.3) is 0 Å². The standard InChI is InChI=1S/C25H20ClFN8/c26-18-2-1-3-20(14-18)35-25-21(15-30-35)24(28-16-29-25)34-12-10-33(11-13-34)23-9-8-22(31-32-23)17-4-6-19(27)7-5-17/h1-9,14-16H,10-13H2. The van der Waals surface area contributed by atoms with Gasteiger partial charge in [-0.3, -0.25) is 0 Å². The predicted octanol–water partition coefficient (Wildman–Crippen LogP) is 4.39. The maximum Gasteiger partial charge on any atom is 0.168 e. The first-order chi connectivity index (χ1) is 17.2. The van der Waals surface area contributed by atoms with Crippen molar-refractivity contribution in [1.82, 2.24) is 29.9 Å². The highest BCUT2D eigenvalue weighted by atomic mass is 35.5. The fourth-order valence-corrected chi connectivity index (χ4v) is 4.48. The summed E-state index contributed by atoms with van der Waals surface area (Å²) in [6.45, 7) is 3.10. The molecule has 6 rings (SSSR count). The van der Waals surface area contributed by atoms with Crippen LogP contribution in [-0.4, -0.2) is 56.1 Å². The van der Waals surface area contributed by atoms with Crippen molar-refractivity contribution in [3.8, 4) is 16.9 Å². The predicted molar refractivity (Wildman–Crippen MR) is 134 cm³/mol. The summed E-state index contributed by atoms with van der Waals surface area (Å²) < 4.78 is 15.0. The zero-order valence-electron chi connectivity index (χ0n) is 18.6. The molecule has 0 atom stereocenters. The Bertz CT molecular complexity index is 1480. The van der Waals surface area contributed by atoms with E-state index in [9.17, 15) is 4.39 Å². The first-order valence-electron chi connectivity index (χ1n) is 11.2. The third-order valence-corrected chi connectivity index (χ3v) is 6.33. The lowest BCUT2D eigenvalue weighted by atomic mass is 10.1. The van der Waals surface area contributed by atoms with E-state index in [0.717, 1.165) is 60.1 Å². The van der Waals surface area contributed by atoms with Gasteiger partial charge in [0.15, 0.2) is 11.5 Å². The van der Waals surface area contributed by atoms with Gasteiger partial charge in [0.2, 0.25) is 0 Å². The van der Waals surface area contributed by atoms with Crippen LogP contribution in [0.4, 0.5) is 16.0 Å². The molecule has 0 bridgehead atoms. The Labute approximate surface area is 205 Å². The number of nitrogens with zero attached hydrogens (tertiary/aromatic N) is 8. The van der Waals surface area contributed by atoms with Crippen molar-refractivity contribution in [2.24, 2.45) is 0 Å². The van der Waals surface area contributed by atoms with Crippen molar-refractivity contribution in [3.63, 3.8) is 0 Å². The highest BCUT2D eigenvalue weighted by Gasteiger charge is 2.22. The number of fused-ring (bicyclic) bond motifs is 1. The second-order valence-electron chi connectivity index (χ2n) is 8.23. The van der Waals surface area contributed by atoms with E-state index in [-0.39, 0.29) is 5.82 Å². The molecule has 0 N–H and O–H groups in total. The molecule has 1 saturated heterocycles. The second kappa shape index (κ2) is 8.92. The van der Waals surface area contributed by atoms with Crippen LogP contribution < -0.4 is 9.80 Å². The largest absolute Gasteiger partial charge is 0.352 e. The van der Waals surface area contributed by atoms with Gasteiger partial charge in [-0.1, -0.05) is 17.7 Å². The van der Waals surface area contributed by atoms with Crippen molar-refractivity contribution in [2.45, 2.75) is 0 Å². The molecule has 4 heterocycles. The molecule has 8 nitrogen and oxygen atoms in total. The van der Waals surface area contributed by atoms with Crippen LogP contribution in [-0.2, 0) is 0 Å². The van der Waals surface area contributed by atoms with E-state index in [1.807, 2.05) is 36.4 Å². The van der Waals surface area contributed by atoms with Gasteiger partial charge in [-0.25, -0.2) is 19.0 Å². The second-order valence-corrected chi connectivity index (χ2v) is 8.66. The van der Waals surface area contributed by atoms with Crippen LogP contribution in [0, 0.1) is 5.82 Å².